The molecule has 4 rings (SSSR count). The number of hydrogen-bond donors (Lipinski definition) is 2. The molecule has 9 atom stereocenters. The molecule has 13 heteroatoms. The second-order valence-corrected chi connectivity index (χ2v) is 17.9. The number of amides is 3. The number of hydrogen-bond acceptors (Lipinski definition) is 10. The maximum Gasteiger partial charge on any atom is 0.247 e. The van der Waals surface area contributed by atoms with E-state index < -0.39 is 36.3 Å². The van der Waals surface area contributed by atoms with Gasteiger partial charge in [0.25, 0.3) is 0 Å². The van der Waals surface area contributed by atoms with E-state index in [1.165, 1.54) is 0 Å². The number of likely N-dealkylation sites (N-methyl/N-ethyl adjacent to an activating group) is 2. The predicted octanol–water partition coefficient (Wildman–Crippen LogP) is 7.11. The first-order chi connectivity index (χ1) is 29.7. The van der Waals surface area contributed by atoms with Crippen LogP contribution in [-0.4, -0.2) is 115 Å². The quantitative estimate of drug-likeness (QED) is 0.0901. The Balaban J connectivity index is 1.44. The fourth-order valence-corrected chi connectivity index (χ4v) is 9.14. The molecule has 1 aromatic heterocycles. The third kappa shape index (κ3) is 13.0. The van der Waals surface area contributed by atoms with Gasteiger partial charge in [-0.3, -0.25) is 19.2 Å². The Morgan fingerprint density at radius 1 is 0.903 bits per heavy atom. The van der Waals surface area contributed by atoms with Crippen LogP contribution in [0.5, 0.6) is 0 Å². The molecule has 1 aliphatic heterocycles. The molecule has 1 saturated heterocycles. The fourth-order valence-electron chi connectivity index (χ4n) is 9.14. The van der Waals surface area contributed by atoms with Gasteiger partial charge >= 0.3 is 0 Å². The van der Waals surface area contributed by atoms with Crippen LogP contribution in [0.25, 0.3) is 11.5 Å². The Hall–Kier alpha value is -4.46. The smallest absolute Gasteiger partial charge is 0.247 e. The molecule has 9 unspecified atom stereocenters. The van der Waals surface area contributed by atoms with Gasteiger partial charge in [0.1, 0.15) is 11.8 Å². The van der Waals surface area contributed by atoms with Crippen LogP contribution in [0.3, 0.4) is 0 Å². The lowest BCUT2D eigenvalue weighted by molar-refractivity contribution is -0.147. The number of rotatable bonds is 25. The molecule has 0 aliphatic carbocycles. The van der Waals surface area contributed by atoms with Gasteiger partial charge in [-0.1, -0.05) is 103 Å². The van der Waals surface area contributed by atoms with Gasteiger partial charge in [0.05, 0.1) is 36.8 Å². The summed E-state index contributed by atoms with van der Waals surface area (Å²) in [5.74, 6) is -0.111. The molecule has 13 nitrogen and oxygen atoms in total. The zero-order chi connectivity index (χ0) is 45.5. The topological polar surface area (TPSA) is 156 Å². The number of nitrogens with one attached hydrogen (secondary N) is 2. The molecule has 3 aromatic rings. The Kier molecular flexibility index (Phi) is 19.8. The molecule has 2 heterocycles. The van der Waals surface area contributed by atoms with Crippen LogP contribution in [0.2, 0.25) is 0 Å². The van der Waals surface area contributed by atoms with Crippen molar-refractivity contribution >= 4 is 23.5 Å². The molecule has 342 valence electrons. The predicted molar refractivity (Wildman–Crippen MR) is 242 cm³/mol. The van der Waals surface area contributed by atoms with Crippen molar-refractivity contribution in [3.8, 4) is 11.5 Å². The normalized spacial score (nSPS) is 18.1. The summed E-state index contributed by atoms with van der Waals surface area (Å²) in [5.41, 5.74) is 2.01. The second-order valence-electron chi connectivity index (χ2n) is 17.9. The molecule has 62 heavy (non-hydrogen) atoms. The lowest BCUT2D eigenvalue weighted by Gasteiger charge is -2.41. The van der Waals surface area contributed by atoms with Gasteiger partial charge in [0.15, 0.2) is 0 Å². The van der Waals surface area contributed by atoms with Crippen molar-refractivity contribution in [1.29, 1.82) is 0 Å². The number of nitrogens with zero attached hydrogens (tertiary/aromatic N) is 4. The minimum atomic E-state index is -0.757. The van der Waals surface area contributed by atoms with Gasteiger partial charge in [-0.05, 0) is 74.6 Å². The van der Waals surface area contributed by atoms with Crippen molar-refractivity contribution in [2.45, 2.75) is 142 Å². The number of likely N-dealkylation sites (tertiary alicyclic amines) is 1. The lowest BCUT2D eigenvalue weighted by atomic mass is 9.87. The van der Waals surface area contributed by atoms with E-state index in [9.17, 15) is 19.2 Å². The number of aromatic nitrogens is 2. The third-order valence-corrected chi connectivity index (χ3v) is 13.0. The van der Waals surface area contributed by atoms with Crippen molar-refractivity contribution in [2.75, 3.05) is 34.9 Å². The van der Waals surface area contributed by atoms with Gasteiger partial charge in [-0.2, -0.15) is 0 Å². The summed E-state index contributed by atoms with van der Waals surface area (Å²) in [5, 5.41) is 14.9. The lowest BCUT2D eigenvalue weighted by Crippen LogP contribution is -2.59. The standard InChI is InChI=1S/C49H74N6O7/c1-12-33(6)44(54(9)49(59)43(32(4)5)51-46(58)42(50-8)31(2)3)40(60-10)30-41(57)55-28-20-26-38(55)45(61-11)34(7)39(56)27-19-25-37(29-35-21-15-13-16-22-35)48-53-52-47(62-48)36-23-17-14-18-24-36/h13-18,21-24,31-34,37-38,40,42-45,50H,12,19-20,25-30H2,1-11H3,(H,51,58). The minimum absolute atomic E-state index is 0.0114. The molecule has 0 spiro atoms. The monoisotopic (exact) mass is 859 g/mol. The van der Waals surface area contributed by atoms with Gasteiger partial charge in [-0.25, -0.2) is 0 Å². The molecular weight excluding hydrogens is 785 g/mol. The van der Waals surface area contributed by atoms with Crippen LogP contribution < -0.4 is 10.6 Å². The van der Waals surface area contributed by atoms with Crippen LogP contribution in [-0.2, 0) is 35.1 Å². The fraction of sp³-hybridized carbons (Fsp3) is 0.633. The summed E-state index contributed by atoms with van der Waals surface area (Å²) in [6.45, 7) is 14.3. The zero-order valence-electron chi connectivity index (χ0n) is 39.1. The van der Waals surface area contributed by atoms with Crippen LogP contribution in [0.4, 0.5) is 0 Å². The third-order valence-electron chi connectivity index (χ3n) is 13.0. The van der Waals surface area contributed by atoms with Crippen molar-refractivity contribution in [3.63, 3.8) is 0 Å². The van der Waals surface area contributed by atoms with Crippen LogP contribution in [0.15, 0.2) is 65.1 Å². The number of ether oxygens (including phenoxy) is 2. The molecule has 0 bridgehead atoms. The average Bonchev–Trinajstić information content (AvgIpc) is 3.97. The van der Waals surface area contributed by atoms with Gasteiger partial charge in [0.2, 0.25) is 29.5 Å². The highest BCUT2D eigenvalue weighted by atomic mass is 16.5. The first-order valence-electron chi connectivity index (χ1n) is 22.7. The summed E-state index contributed by atoms with van der Waals surface area (Å²) in [4.78, 5) is 59.3. The van der Waals surface area contributed by atoms with Crippen molar-refractivity contribution < 1.29 is 33.1 Å². The number of carbonyl (C=O) groups is 4. The zero-order valence-corrected chi connectivity index (χ0v) is 39.1. The van der Waals surface area contributed by atoms with E-state index in [1.807, 2.05) is 88.0 Å². The van der Waals surface area contributed by atoms with Gasteiger partial charge in [0, 0.05) is 51.6 Å². The SMILES string of the molecule is CCC(C)C(C(CC(=O)N1CCCC1C(OC)C(C)C(=O)CCCC(Cc1ccccc1)c1nnc(-c2ccccc2)o1)OC)N(C)C(=O)C(NC(=O)C(NC)C(C)C)C(C)C. The largest absolute Gasteiger partial charge is 0.420 e. The maximum absolute atomic E-state index is 14.3. The highest BCUT2D eigenvalue weighted by Crippen LogP contribution is 2.32. The summed E-state index contributed by atoms with van der Waals surface area (Å²) in [6.07, 6.45) is 3.57. The summed E-state index contributed by atoms with van der Waals surface area (Å²) in [7, 11) is 6.69. The van der Waals surface area contributed by atoms with E-state index in [2.05, 4.69) is 46.8 Å². The van der Waals surface area contributed by atoms with Gasteiger partial charge in [-0.15, -0.1) is 10.2 Å². The molecule has 2 aromatic carbocycles. The summed E-state index contributed by atoms with van der Waals surface area (Å²) in [6, 6.07) is 18.0. The minimum Gasteiger partial charge on any atom is -0.420 e. The summed E-state index contributed by atoms with van der Waals surface area (Å²) < 4.78 is 18.3. The molecule has 0 saturated carbocycles. The number of methoxy groups -OCH3 is 2. The van der Waals surface area contributed by atoms with E-state index in [-0.39, 0.29) is 59.6 Å². The molecular formula is C49H74N6O7. The average molecular weight is 859 g/mol. The van der Waals surface area contributed by atoms with Crippen LogP contribution in [0, 0.1) is 23.7 Å². The van der Waals surface area contributed by atoms with Crippen molar-refractivity contribution in [3.05, 3.63) is 72.1 Å². The van der Waals surface area contributed by atoms with Crippen molar-refractivity contribution in [1.82, 2.24) is 30.6 Å². The van der Waals surface area contributed by atoms with Gasteiger partial charge < -0.3 is 34.3 Å². The molecule has 1 fully saturated rings. The number of Topliss-reactive ketones (excluding diaryl/α,β-unsaturated/α-hetero) is 1. The highest BCUT2D eigenvalue weighted by Gasteiger charge is 2.43. The Morgan fingerprint density at radius 3 is 2.13 bits per heavy atom. The van der Waals surface area contributed by atoms with E-state index >= 15 is 0 Å². The number of ketones is 1. The molecule has 1 aliphatic rings. The van der Waals surface area contributed by atoms with Crippen LogP contribution in [0.1, 0.15) is 111 Å². The Morgan fingerprint density at radius 2 is 1.55 bits per heavy atom. The van der Waals surface area contributed by atoms with E-state index in [4.69, 9.17) is 13.9 Å². The first kappa shape index (κ1) is 50.2. The number of carbonyl (C=O) groups excluding carboxylic acids is 4. The Labute approximate surface area is 370 Å². The Bertz CT molecular complexity index is 1840. The highest BCUT2D eigenvalue weighted by molar-refractivity contribution is 5.90. The molecule has 0 radical (unpaired) electrons. The van der Waals surface area contributed by atoms with Crippen molar-refractivity contribution in [2.24, 2.45) is 23.7 Å². The number of benzene rings is 2. The summed E-state index contributed by atoms with van der Waals surface area (Å²) >= 11 is 0. The van der Waals surface area contributed by atoms with E-state index in [1.54, 1.807) is 33.2 Å². The first-order valence-corrected chi connectivity index (χ1v) is 22.7. The molecule has 2 N–H and O–H groups in total. The second kappa shape index (κ2) is 24.4. The van der Waals surface area contributed by atoms with E-state index in [0.29, 0.717) is 50.4 Å². The molecule has 3 amide bonds. The van der Waals surface area contributed by atoms with E-state index in [0.717, 1.165) is 24.0 Å². The maximum atomic E-state index is 14.3. The van der Waals surface area contributed by atoms with Crippen LogP contribution >= 0.6 is 0 Å².